The van der Waals surface area contributed by atoms with Crippen molar-refractivity contribution in [3.8, 4) is 11.5 Å². The Kier molecular flexibility index (Phi) is 11.8. The van der Waals surface area contributed by atoms with Gasteiger partial charge in [0.15, 0.2) is 0 Å². The predicted octanol–water partition coefficient (Wildman–Crippen LogP) is 5.38. The van der Waals surface area contributed by atoms with Crippen LogP contribution in [0.2, 0.25) is 0 Å². The number of nitrogens with one attached hydrogen (secondary N) is 1. The summed E-state index contributed by atoms with van der Waals surface area (Å²) in [5.74, 6) is 0.303. The Balaban J connectivity index is 2.04. The molecule has 3 aromatic rings. The number of hydrogen-bond donors (Lipinski definition) is 1. The highest BCUT2D eigenvalue weighted by atomic mass is 79.9. The Morgan fingerprint density at radius 2 is 1.62 bits per heavy atom. The lowest BCUT2D eigenvalue weighted by Crippen LogP contribution is -2.52. The van der Waals surface area contributed by atoms with Crippen LogP contribution in [0, 0.1) is 0 Å². The Bertz CT molecular complexity index is 1450. The first-order chi connectivity index (χ1) is 20.0. The molecule has 2 atom stereocenters. The summed E-state index contributed by atoms with van der Waals surface area (Å²) in [5, 5.41) is 2.93. The molecular formula is C31H38BrN3O6S. The van der Waals surface area contributed by atoms with E-state index in [1.807, 2.05) is 26.8 Å². The zero-order chi connectivity index (χ0) is 30.9. The highest BCUT2D eigenvalue weighted by Gasteiger charge is 2.33. The Labute approximate surface area is 257 Å². The molecule has 42 heavy (non-hydrogen) atoms. The largest absolute Gasteiger partial charge is 0.497 e. The number of sulfonamides is 1. The van der Waals surface area contributed by atoms with Crippen molar-refractivity contribution < 1.29 is 27.5 Å². The molecule has 0 aliphatic carbocycles. The van der Waals surface area contributed by atoms with E-state index in [0.717, 1.165) is 20.8 Å². The summed E-state index contributed by atoms with van der Waals surface area (Å²) in [4.78, 5) is 28.7. The third-order valence-corrected chi connectivity index (χ3v) is 9.09. The van der Waals surface area contributed by atoms with Crippen molar-refractivity contribution in [1.29, 1.82) is 0 Å². The number of methoxy groups -OCH3 is 1. The molecule has 0 fully saturated rings. The quantitative estimate of drug-likeness (QED) is 0.249. The van der Waals surface area contributed by atoms with Gasteiger partial charge in [0.25, 0.3) is 10.0 Å². The molecule has 9 nitrogen and oxygen atoms in total. The van der Waals surface area contributed by atoms with Crippen LogP contribution < -0.4 is 19.1 Å². The first-order valence-corrected chi connectivity index (χ1v) is 16.0. The summed E-state index contributed by atoms with van der Waals surface area (Å²) in [6, 6.07) is 18.9. The lowest BCUT2D eigenvalue weighted by molar-refractivity contribution is -0.139. The normalized spacial score (nSPS) is 12.6. The molecule has 0 heterocycles. The predicted molar refractivity (Wildman–Crippen MR) is 167 cm³/mol. The second-order valence-corrected chi connectivity index (χ2v) is 12.5. The lowest BCUT2D eigenvalue weighted by atomic mass is 10.1. The van der Waals surface area contributed by atoms with Crippen molar-refractivity contribution in [2.45, 2.75) is 57.6 Å². The Hall–Kier alpha value is -3.57. The van der Waals surface area contributed by atoms with Crippen molar-refractivity contribution >= 4 is 43.5 Å². The monoisotopic (exact) mass is 659 g/mol. The van der Waals surface area contributed by atoms with Crippen LogP contribution in [-0.4, -0.2) is 57.5 Å². The molecule has 0 spiro atoms. The van der Waals surface area contributed by atoms with E-state index in [-0.39, 0.29) is 29.1 Å². The molecule has 0 bridgehead atoms. The van der Waals surface area contributed by atoms with E-state index in [9.17, 15) is 18.0 Å². The average molecular weight is 661 g/mol. The van der Waals surface area contributed by atoms with E-state index in [4.69, 9.17) is 9.47 Å². The molecule has 0 radical (unpaired) electrons. The van der Waals surface area contributed by atoms with Crippen molar-refractivity contribution in [2.75, 3.05) is 24.6 Å². The zero-order valence-electron chi connectivity index (χ0n) is 24.5. The van der Waals surface area contributed by atoms with E-state index in [1.54, 1.807) is 68.6 Å². The third-order valence-electron chi connectivity index (χ3n) is 6.77. The van der Waals surface area contributed by atoms with Gasteiger partial charge in [-0.3, -0.25) is 13.9 Å². The van der Waals surface area contributed by atoms with Gasteiger partial charge in [0, 0.05) is 17.1 Å². The first kappa shape index (κ1) is 32.9. The molecule has 0 aliphatic heterocycles. The number of carbonyl (C=O) groups is 2. The van der Waals surface area contributed by atoms with Crippen molar-refractivity contribution in [2.24, 2.45) is 0 Å². The summed E-state index contributed by atoms with van der Waals surface area (Å²) in [6.07, 6.45) is 0.721. The van der Waals surface area contributed by atoms with Crippen LogP contribution in [0.4, 0.5) is 5.69 Å². The fraction of sp³-hybridized carbons (Fsp3) is 0.355. The summed E-state index contributed by atoms with van der Waals surface area (Å²) in [6.45, 7) is 7.33. The maximum atomic E-state index is 14.1. The van der Waals surface area contributed by atoms with Gasteiger partial charge in [0.1, 0.15) is 24.1 Å². The van der Waals surface area contributed by atoms with Gasteiger partial charge in [-0.2, -0.15) is 0 Å². The molecule has 2 amide bonds. The second-order valence-electron chi connectivity index (χ2n) is 9.76. The van der Waals surface area contributed by atoms with E-state index in [1.165, 1.54) is 17.0 Å². The van der Waals surface area contributed by atoms with Gasteiger partial charge in [-0.15, -0.1) is 0 Å². The topological polar surface area (TPSA) is 105 Å². The molecule has 11 heteroatoms. The maximum Gasteiger partial charge on any atom is 0.264 e. The summed E-state index contributed by atoms with van der Waals surface area (Å²) >= 11 is 3.34. The maximum absolute atomic E-state index is 14.1. The number of rotatable bonds is 14. The highest BCUT2D eigenvalue weighted by molar-refractivity contribution is 9.10. The molecule has 1 N–H and O–H groups in total. The fourth-order valence-corrected chi connectivity index (χ4v) is 5.83. The smallest absolute Gasteiger partial charge is 0.264 e. The van der Waals surface area contributed by atoms with Crippen LogP contribution in [-0.2, 0) is 26.2 Å². The molecule has 226 valence electrons. The summed E-state index contributed by atoms with van der Waals surface area (Å²) < 4.78 is 40.6. The van der Waals surface area contributed by atoms with E-state index >= 15 is 0 Å². The van der Waals surface area contributed by atoms with Gasteiger partial charge in [0.2, 0.25) is 11.8 Å². The van der Waals surface area contributed by atoms with Crippen LogP contribution in [0.5, 0.6) is 11.5 Å². The number of carbonyl (C=O) groups excluding carboxylic acids is 2. The number of benzene rings is 3. The SMILES string of the molecule is CCOc1ccc(N(CC(=O)N(Cc2cccc(OC)c2)C(C)C(=O)NC(C)CC)S(=O)(=O)c2ccc(Br)cc2)cc1. The highest BCUT2D eigenvalue weighted by Crippen LogP contribution is 2.27. The van der Waals surface area contributed by atoms with Crippen molar-refractivity contribution in [1.82, 2.24) is 10.2 Å². The van der Waals surface area contributed by atoms with Crippen LogP contribution >= 0.6 is 15.9 Å². The van der Waals surface area contributed by atoms with Crippen LogP contribution in [0.3, 0.4) is 0 Å². The minimum atomic E-state index is -4.17. The molecule has 0 aliphatic rings. The third kappa shape index (κ3) is 8.48. The zero-order valence-corrected chi connectivity index (χ0v) is 26.9. The van der Waals surface area contributed by atoms with E-state index in [2.05, 4.69) is 21.2 Å². The standard InChI is InChI=1S/C31H38BrN3O6S/c1-6-22(3)33-31(37)23(4)34(20-24-9-8-10-28(19-24)40-5)30(36)21-35(26-13-15-27(16-14-26)41-7-2)42(38,39)29-17-11-25(32)12-18-29/h8-19,22-23H,6-7,20-21H2,1-5H3,(H,33,37). The molecular weight excluding hydrogens is 622 g/mol. The number of nitrogens with zero attached hydrogens (tertiary/aromatic N) is 2. The van der Waals surface area contributed by atoms with Gasteiger partial charge in [-0.25, -0.2) is 8.42 Å². The lowest BCUT2D eigenvalue weighted by Gasteiger charge is -2.32. The fourth-order valence-electron chi connectivity index (χ4n) is 4.15. The molecule has 3 rings (SSSR count). The summed E-state index contributed by atoms with van der Waals surface area (Å²) in [7, 11) is -2.63. The Morgan fingerprint density at radius 1 is 0.952 bits per heavy atom. The van der Waals surface area contributed by atoms with Crippen LogP contribution in [0.25, 0.3) is 0 Å². The molecule has 2 unspecified atom stereocenters. The Morgan fingerprint density at radius 3 is 2.21 bits per heavy atom. The van der Waals surface area contributed by atoms with Crippen LogP contribution in [0.15, 0.2) is 82.2 Å². The van der Waals surface area contributed by atoms with Crippen molar-refractivity contribution in [3.05, 3.63) is 82.8 Å². The minimum Gasteiger partial charge on any atom is -0.497 e. The van der Waals surface area contributed by atoms with Crippen LogP contribution in [0.1, 0.15) is 39.7 Å². The number of amides is 2. The number of anilines is 1. The van der Waals surface area contributed by atoms with E-state index < -0.39 is 28.5 Å². The molecule has 3 aromatic carbocycles. The average Bonchev–Trinajstić information content (AvgIpc) is 2.99. The number of halogens is 1. The van der Waals surface area contributed by atoms with Gasteiger partial charge < -0.3 is 19.7 Å². The second kappa shape index (κ2) is 15.1. The van der Waals surface area contributed by atoms with Gasteiger partial charge >= 0.3 is 0 Å². The van der Waals surface area contributed by atoms with Gasteiger partial charge in [0.05, 0.1) is 24.3 Å². The molecule has 0 aromatic heterocycles. The number of ether oxygens (including phenoxy) is 2. The molecule has 0 saturated carbocycles. The summed E-state index contributed by atoms with van der Waals surface area (Å²) in [5.41, 5.74) is 1.02. The van der Waals surface area contributed by atoms with E-state index in [0.29, 0.717) is 18.1 Å². The first-order valence-electron chi connectivity index (χ1n) is 13.7. The number of hydrogen-bond acceptors (Lipinski definition) is 6. The van der Waals surface area contributed by atoms with Gasteiger partial charge in [-0.05, 0) is 93.4 Å². The van der Waals surface area contributed by atoms with Gasteiger partial charge in [-0.1, -0.05) is 35.0 Å². The minimum absolute atomic E-state index is 0.0225. The molecule has 0 saturated heterocycles. The van der Waals surface area contributed by atoms with Crippen molar-refractivity contribution in [3.63, 3.8) is 0 Å².